The van der Waals surface area contributed by atoms with Crippen LogP contribution < -0.4 is 4.74 Å². The van der Waals surface area contributed by atoms with E-state index in [4.69, 9.17) is 16.3 Å². The number of aromatic nitrogens is 2. The number of hydrogen-bond acceptors (Lipinski definition) is 4. The first-order valence-corrected chi connectivity index (χ1v) is 6.76. The van der Waals surface area contributed by atoms with E-state index in [0.717, 1.165) is 6.42 Å². The predicted molar refractivity (Wildman–Crippen MR) is 71.8 cm³/mol. The Labute approximate surface area is 114 Å². The van der Waals surface area contributed by atoms with Gasteiger partial charge in [0.1, 0.15) is 0 Å². The van der Waals surface area contributed by atoms with Crippen molar-refractivity contribution in [2.45, 2.75) is 19.9 Å². The third-order valence-corrected chi connectivity index (χ3v) is 3.70. The summed E-state index contributed by atoms with van der Waals surface area (Å²) in [5.74, 6) is 0.396. The van der Waals surface area contributed by atoms with Crippen LogP contribution in [0, 0.1) is 0 Å². The Balaban J connectivity index is 2.42. The molecule has 0 unspecified atom stereocenters. The number of carbonyl (C=O) groups excluding carboxylic acids is 1. The Bertz CT molecular complexity index is 562. The van der Waals surface area contributed by atoms with Crippen LogP contribution in [0.5, 0.6) is 5.75 Å². The van der Waals surface area contributed by atoms with Gasteiger partial charge in [-0.25, -0.2) is 0 Å². The van der Waals surface area contributed by atoms with Gasteiger partial charge in [0.05, 0.1) is 22.5 Å². The van der Waals surface area contributed by atoms with Gasteiger partial charge >= 0.3 is 0 Å². The molecular formula is C12H13ClN2O2S. The Morgan fingerprint density at radius 1 is 1.56 bits per heavy atom. The van der Waals surface area contributed by atoms with Crippen LogP contribution in [0.1, 0.15) is 28.7 Å². The zero-order valence-corrected chi connectivity index (χ0v) is 11.7. The van der Waals surface area contributed by atoms with E-state index in [1.54, 1.807) is 23.0 Å². The number of ketones is 1. The lowest BCUT2D eigenvalue weighted by atomic mass is 10.2. The average Bonchev–Trinajstić information content (AvgIpc) is 2.95. The van der Waals surface area contributed by atoms with Gasteiger partial charge in [0.25, 0.3) is 0 Å². The van der Waals surface area contributed by atoms with E-state index in [1.165, 1.54) is 18.4 Å². The second-order valence-corrected chi connectivity index (χ2v) is 5.43. The summed E-state index contributed by atoms with van der Waals surface area (Å²) in [6.07, 6.45) is 2.47. The molecule has 0 bridgehead atoms. The highest BCUT2D eigenvalue weighted by molar-refractivity contribution is 7.18. The summed E-state index contributed by atoms with van der Waals surface area (Å²) in [5.41, 5.74) is 0.484. The van der Waals surface area contributed by atoms with Gasteiger partial charge in [-0.2, -0.15) is 5.10 Å². The van der Waals surface area contributed by atoms with Crippen molar-refractivity contribution in [3.05, 3.63) is 33.2 Å². The molecule has 2 rings (SSSR count). The fourth-order valence-electron chi connectivity index (χ4n) is 1.68. The molecule has 0 aliphatic rings. The van der Waals surface area contributed by atoms with Crippen LogP contribution in [0.2, 0.25) is 4.34 Å². The molecule has 4 nitrogen and oxygen atoms in total. The highest BCUT2D eigenvalue weighted by Gasteiger charge is 2.21. The van der Waals surface area contributed by atoms with Gasteiger partial charge in [0.15, 0.2) is 11.4 Å². The van der Waals surface area contributed by atoms with Crippen LogP contribution in [-0.2, 0) is 6.54 Å². The summed E-state index contributed by atoms with van der Waals surface area (Å²) >= 11 is 7.11. The molecule has 0 aliphatic heterocycles. The lowest BCUT2D eigenvalue weighted by Gasteiger charge is -2.05. The van der Waals surface area contributed by atoms with Gasteiger partial charge in [-0.05, 0) is 18.6 Å². The molecule has 0 N–H and O–H groups in total. The molecule has 0 saturated heterocycles. The summed E-state index contributed by atoms with van der Waals surface area (Å²) in [7, 11) is 1.53. The van der Waals surface area contributed by atoms with Crippen LogP contribution in [0.4, 0.5) is 0 Å². The van der Waals surface area contributed by atoms with Gasteiger partial charge in [-0.1, -0.05) is 18.5 Å². The van der Waals surface area contributed by atoms with Crippen molar-refractivity contribution in [1.82, 2.24) is 9.78 Å². The monoisotopic (exact) mass is 284 g/mol. The molecule has 0 spiro atoms. The van der Waals surface area contributed by atoms with Crippen molar-refractivity contribution in [1.29, 1.82) is 0 Å². The maximum absolute atomic E-state index is 12.4. The molecule has 6 heteroatoms. The predicted octanol–water partition coefficient (Wildman–Crippen LogP) is 3.25. The van der Waals surface area contributed by atoms with E-state index >= 15 is 0 Å². The van der Waals surface area contributed by atoms with E-state index in [0.29, 0.717) is 27.2 Å². The lowest BCUT2D eigenvalue weighted by molar-refractivity contribution is 0.102. The molecule has 0 amide bonds. The van der Waals surface area contributed by atoms with Crippen LogP contribution in [0.25, 0.3) is 0 Å². The average molecular weight is 285 g/mol. The van der Waals surface area contributed by atoms with E-state index in [2.05, 4.69) is 5.10 Å². The molecule has 2 heterocycles. The van der Waals surface area contributed by atoms with Crippen molar-refractivity contribution in [2.24, 2.45) is 0 Å². The second kappa shape index (κ2) is 5.54. The standard InChI is InChI=1S/C12H13ClN2O2S/c1-3-6-15-11(8(17-2)7-14-15)12(16)9-4-5-10(13)18-9/h4-5,7H,3,6H2,1-2H3. The van der Waals surface area contributed by atoms with Crippen LogP contribution in [0.15, 0.2) is 18.3 Å². The first kappa shape index (κ1) is 13.1. The number of ether oxygens (including phenoxy) is 1. The van der Waals surface area contributed by atoms with E-state index in [1.807, 2.05) is 6.92 Å². The zero-order valence-electron chi connectivity index (χ0n) is 10.1. The maximum Gasteiger partial charge on any atom is 0.224 e. The molecule has 2 aromatic heterocycles. The third-order valence-electron chi connectivity index (χ3n) is 2.47. The topological polar surface area (TPSA) is 44.1 Å². The first-order chi connectivity index (χ1) is 8.67. The summed E-state index contributed by atoms with van der Waals surface area (Å²) in [4.78, 5) is 13.0. The van der Waals surface area contributed by atoms with Crippen LogP contribution >= 0.6 is 22.9 Å². The Morgan fingerprint density at radius 3 is 2.89 bits per heavy atom. The van der Waals surface area contributed by atoms with Gasteiger partial charge in [-0.15, -0.1) is 11.3 Å². The number of aryl methyl sites for hydroxylation is 1. The van der Waals surface area contributed by atoms with Gasteiger partial charge < -0.3 is 4.74 Å². The van der Waals surface area contributed by atoms with Crippen molar-refractivity contribution >= 4 is 28.7 Å². The number of carbonyl (C=O) groups is 1. The number of methoxy groups -OCH3 is 1. The number of halogens is 1. The summed E-state index contributed by atoms with van der Waals surface area (Å²) in [6, 6.07) is 3.44. The van der Waals surface area contributed by atoms with Crippen LogP contribution in [0.3, 0.4) is 0 Å². The molecule has 18 heavy (non-hydrogen) atoms. The molecule has 0 radical (unpaired) electrons. The largest absolute Gasteiger partial charge is 0.493 e. The number of rotatable bonds is 5. The molecule has 0 aromatic carbocycles. The van der Waals surface area contributed by atoms with E-state index < -0.39 is 0 Å². The van der Waals surface area contributed by atoms with Gasteiger partial charge in [0, 0.05) is 6.54 Å². The zero-order chi connectivity index (χ0) is 13.1. The Hall–Kier alpha value is -1.33. The van der Waals surface area contributed by atoms with Crippen molar-refractivity contribution in [2.75, 3.05) is 7.11 Å². The van der Waals surface area contributed by atoms with Gasteiger partial charge in [-0.3, -0.25) is 9.48 Å². The number of nitrogens with zero attached hydrogens (tertiary/aromatic N) is 2. The number of thiophene rings is 1. The Kier molecular flexibility index (Phi) is 4.04. The molecule has 2 aromatic rings. The summed E-state index contributed by atoms with van der Waals surface area (Å²) in [5, 5.41) is 4.17. The van der Waals surface area contributed by atoms with Gasteiger partial charge in [0.2, 0.25) is 5.78 Å². The van der Waals surface area contributed by atoms with Crippen molar-refractivity contribution in [3.8, 4) is 5.75 Å². The summed E-state index contributed by atoms with van der Waals surface area (Å²) in [6.45, 7) is 2.72. The second-order valence-electron chi connectivity index (χ2n) is 3.72. The maximum atomic E-state index is 12.4. The van der Waals surface area contributed by atoms with E-state index in [-0.39, 0.29) is 5.78 Å². The molecular weight excluding hydrogens is 272 g/mol. The van der Waals surface area contributed by atoms with Crippen molar-refractivity contribution in [3.63, 3.8) is 0 Å². The SMILES string of the molecule is CCCn1ncc(OC)c1C(=O)c1ccc(Cl)s1. The highest BCUT2D eigenvalue weighted by Crippen LogP contribution is 2.27. The van der Waals surface area contributed by atoms with Crippen molar-refractivity contribution < 1.29 is 9.53 Å². The minimum absolute atomic E-state index is 0.102. The quantitative estimate of drug-likeness (QED) is 0.792. The smallest absolute Gasteiger partial charge is 0.224 e. The third kappa shape index (κ3) is 2.42. The highest BCUT2D eigenvalue weighted by atomic mass is 35.5. The molecule has 0 fully saturated rings. The molecule has 0 saturated carbocycles. The van der Waals surface area contributed by atoms with E-state index in [9.17, 15) is 4.79 Å². The number of hydrogen-bond donors (Lipinski definition) is 0. The fraction of sp³-hybridized carbons (Fsp3) is 0.333. The first-order valence-electron chi connectivity index (χ1n) is 5.57. The Morgan fingerprint density at radius 2 is 2.33 bits per heavy atom. The minimum Gasteiger partial charge on any atom is -0.493 e. The van der Waals surface area contributed by atoms with Crippen LogP contribution in [-0.4, -0.2) is 22.7 Å². The molecule has 0 atom stereocenters. The summed E-state index contributed by atoms with van der Waals surface area (Å²) < 4.78 is 7.46. The lowest BCUT2D eigenvalue weighted by Crippen LogP contribution is -2.11. The molecule has 0 aliphatic carbocycles. The minimum atomic E-state index is -0.102. The molecule has 96 valence electrons. The fourth-order valence-corrected chi connectivity index (χ4v) is 2.67. The normalized spacial score (nSPS) is 10.6.